The van der Waals surface area contributed by atoms with Crippen LogP contribution in [-0.2, 0) is 20.7 Å². The largest absolute Gasteiger partial charge is 0.465 e. The number of fused-ring (bicyclic) bond motifs is 1. The minimum Gasteiger partial charge on any atom is -0.465 e. The molecule has 0 radical (unpaired) electrons. The molecule has 0 aromatic carbocycles. The number of carbonyl (C=O) groups excluding carboxylic acids is 2. The number of aromatic nitrogens is 3. The summed E-state index contributed by atoms with van der Waals surface area (Å²) in [4.78, 5) is 29.8. The van der Waals surface area contributed by atoms with E-state index in [1.807, 2.05) is 18.3 Å². The zero-order valence-electron chi connectivity index (χ0n) is 17.6. The number of amides is 1. The van der Waals surface area contributed by atoms with Crippen molar-refractivity contribution in [2.24, 2.45) is 17.1 Å². The molecule has 3 N–H and O–H groups in total. The van der Waals surface area contributed by atoms with E-state index in [4.69, 9.17) is 15.5 Å². The molecule has 2 fully saturated rings. The number of hydrogen-bond acceptors (Lipinski definition) is 6. The standard InChI is InChI=1S/C22H31N5O3/c1-2-30-21(29)22(11-12-24-20(22)28)13-16-9-10-18-25-17(14-27(18)26-16)19(23)15-7-5-3-4-6-8-15/h9-10,14-15,19H,2-8,11-13,23H2,1H3,(H,24,28)/t19-,22-/m0/s1. The third-order valence-corrected chi connectivity index (χ3v) is 6.56. The normalized spacial score (nSPS) is 23.9. The van der Waals surface area contributed by atoms with E-state index in [0.29, 0.717) is 24.6 Å². The fourth-order valence-electron chi connectivity index (χ4n) is 4.79. The second-order valence-corrected chi connectivity index (χ2v) is 8.56. The van der Waals surface area contributed by atoms with E-state index in [2.05, 4.69) is 10.4 Å². The Hall–Kier alpha value is -2.48. The third-order valence-electron chi connectivity index (χ3n) is 6.56. The first-order chi connectivity index (χ1) is 14.5. The lowest BCUT2D eigenvalue weighted by Gasteiger charge is -2.23. The third kappa shape index (κ3) is 3.93. The number of nitrogens with zero attached hydrogens (tertiary/aromatic N) is 3. The van der Waals surface area contributed by atoms with Gasteiger partial charge in [-0.15, -0.1) is 0 Å². The van der Waals surface area contributed by atoms with Gasteiger partial charge in [-0.2, -0.15) is 5.10 Å². The molecule has 2 atom stereocenters. The van der Waals surface area contributed by atoms with Crippen LogP contribution in [0.2, 0.25) is 0 Å². The van der Waals surface area contributed by atoms with Crippen LogP contribution in [0, 0.1) is 11.3 Å². The van der Waals surface area contributed by atoms with Crippen LogP contribution in [0.15, 0.2) is 18.3 Å². The molecule has 1 saturated heterocycles. The number of nitrogens with two attached hydrogens (primary N) is 1. The molecule has 3 heterocycles. The van der Waals surface area contributed by atoms with Crippen molar-refractivity contribution in [2.45, 2.75) is 64.3 Å². The Morgan fingerprint density at radius 2 is 2.10 bits per heavy atom. The van der Waals surface area contributed by atoms with Gasteiger partial charge in [-0.1, -0.05) is 25.7 Å². The van der Waals surface area contributed by atoms with Crippen LogP contribution in [-0.4, -0.2) is 39.6 Å². The van der Waals surface area contributed by atoms with E-state index in [1.54, 1.807) is 11.4 Å². The van der Waals surface area contributed by atoms with Crippen LogP contribution >= 0.6 is 0 Å². The number of nitrogens with one attached hydrogen (secondary N) is 1. The molecule has 1 aliphatic heterocycles. The summed E-state index contributed by atoms with van der Waals surface area (Å²) in [5.74, 6) is -0.320. The fraction of sp³-hybridized carbons (Fsp3) is 0.636. The summed E-state index contributed by atoms with van der Waals surface area (Å²) in [5, 5.41) is 7.40. The van der Waals surface area contributed by atoms with Crippen molar-refractivity contribution in [3.63, 3.8) is 0 Å². The van der Waals surface area contributed by atoms with Crippen molar-refractivity contribution >= 4 is 17.5 Å². The molecular weight excluding hydrogens is 382 g/mol. The minimum absolute atomic E-state index is 0.0975. The first kappa shape index (κ1) is 20.8. The first-order valence-electron chi connectivity index (χ1n) is 11.1. The average Bonchev–Trinajstić information content (AvgIpc) is 3.21. The second kappa shape index (κ2) is 8.71. The predicted molar refractivity (Wildman–Crippen MR) is 112 cm³/mol. The molecule has 0 spiro atoms. The van der Waals surface area contributed by atoms with Crippen LogP contribution in [0.4, 0.5) is 0 Å². The summed E-state index contributed by atoms with van der Waals surface area (Å²) < 4.78 is 6.92. The molecule has 30 heavy (non-hydrogen) atoms. The zero-order chi connectivity index (χ0) is 21.1. The average molecular weight is 414 g/mol. The molecule has 2 aromatic heterocycles. The van der Waals surface area contributed by atoms with Crippen molar-refractivity contribution in [3.8, 4) is 0 Å². The maximum Gasteiger partial charge on any atom is 0.322 e. The van der Waals surface area contributed by atoms with Crippen molar-refractivity contribution in [1.29, 1.82) is 0 Å². The van der Waals surface area contributed by atoms with Crippen LogP contribution in [0.1, 0.15) is 69.3 Å². The fourth-order valence-corrected chi connectivity index (χ4v) is 4.79. The zero-order valence-corrected chi connectivity index (χ0v) is 17.6. The topological polar surface area (TPSA) is 112 Å². The minimum atomic E-state index is -1.21. The quantitative estimate of drug-likeness (QED) is 0.427. The van der Waals surface area contributed by atoms with Crippen LogP contribution in [0.25, 0.3) is 5.65 Å². The SMILES string of the molecule is CCOC(=O)[C@]1(Cc2ccc3nc([C@@H](N)C4CCCCCC4)cn3n2)CCNC1=O. The summed E-state index contributed by atoms with van der Waals surface area (Å²) >= 11 is 0. The van der Waals surface area contributed by atoms with E-state index in [-0.39, 0.29) is 25.0 Å². The van der Waals surface area contributed by atoms with Gasteiger partial charge in [0.25, 0.3) is 0 Å². The van der Waals surface area contributed by atoms with Gasteiger partial charge in [0, 0.05) is 13.0 Å². The summed E-state index contributed by atoms with van der Waals surface area (Å²) in [5.41, 5.74) is 7.58. The molecule has 2 aliphatic rings. The lowest BCUT2D eigenvalue weighted by Crippen LogP contribution is -2.42. The van der Waals surface area contributed by atoms with Gasteiger partial charge in [-0.05, 0) is 44.2 Å². The molecule has 1 saturated carbocycles. The van der Waals surface area contributed by atoms with Crippen molar-refractivity contribution in [2.75, 3.05) is 13.2 Å². The van der Waals surface area contributed by atoms with Crippen LogP contribution in [0.5, 0.6) is 0 Å². The lowest BCUT2D eigenvalue weighted by atomic mass is 9.81. The van der Waals surface area contributed by atoms with Crippen molar-refractivity contribution in [1.82, 2.24) is 19.9 Å². The van der Waals surface area contributed by atoms with Gasteiger partial charge in [-0.25, -0.2) is 9.50 Å². The highest BCUT2D eigenvalue weighted by Crippen LogP contribution is 2.34. The Morgan fingerprint density at radius 3 is 2.77 bits per heavy atom. The van der Waals surface area contributed by atoms with Gasteiger partial charge >= 0.3 is 5.97 Å². The molecule has 8 nitrogen and oxygen atoms in total. The van der Waals surface area contributed by atoms with Gasteiger partial charge in [0.05, 0.1) is 30.2 Å². The second-order valence-electron chi connectivity index (χ2n) is 8.56. The molecular formula is C22H31N5O3. The number of rotatable bonds is 6. The van der Waals surface area contributed by atoms with E-state index in [0.717, 1.165) is 24.2 Å². The van der Waals surface area contributed by atoms with E-state index in [1.165, 1.54) is 25.7 Å². The molecule has 162 valence electrons. The van der Waals surface area contributed by atoms with Crippen molar-refractivity contribution in [3.05, 3.63) is 29.7 Å². The van der Waals surface area contributed by atoms with Crippen LogP contribution < -0.4 is 11.1 Å². The van der Waals surface area contributed by atoms with E-state index < -0.39 is 11.4 Å². The summed E-state index contributed by atoms with van der Waals surface area (Å²) in [6.07, 6.45) is 9.82. The predicted octanol–water partition coefficient (Wildman–Crippen LogP) is 2.31. The number of ether oxygens (including phenoxy) is 1. The highest BCUT2D eigenvalue weighted by atomic mass is 16.5. The number of carbonyl (C=O) groups is 2. The van der Waals surface area contributed by atoms with Crippen molar-refractivity contribution < 1.29 is 14.3 Å². The van der Waals surface area contributed by atoms with Gasteiger partial charge in [0.2, 0.25) is 5.91 Å². The van der Waals surface area contributed by atoms with E-state index >= 15 is 0 Å². The Morgan fingerprint density at radius 1 is 1.33 bits per heavy atom. The highest BCUT2D eigenvalue weighted by Gasteiger charge is 2.50. The molecule has 4 rings (SSSR count). The summed E-state index contributed by atoms with van der Waals surface area (Å²) in [7, 11) is 0. The Labute approximate surface area is 176 Å². The van der Waals surface area contributed by atoms with Gasteiger partial charge < -0.3 is 15.8 Å². The molecule has 1 amide bonds. The maximum atomic E-state index is 12.6. The molecule has 0 bridgehead atoms. The molecule has 0 unspecified atom stereocenters. The molecule has 1 aliphatic carbocycles. The number of imidazole rings is 1. The maximum absolute atomic E-state index is 12.6. The number of esters is 1. The molecule has 8 heteroatoms. The summed E-state index contributed by atoms with van der Waals surface area (Å²) in [6.45, 7) is 2.45. The van der Waals surface area contributed by atoms with Gasteiger partial charge in [0.1, 0.15) is 0 Å². The molecule has 2 aromatic rings. The number of hydrogen-bond donors (Lipinski definition) is 2. The smallest absolute Gasteiger partial charge is 0.322 e. The highest BCUT2D eigenvalue weighted by molar-refractivity contribution is 6.04. The van der Waals surface area contributed by atoms with Gasteiger partial charge in [-0.3, -0.25) is 9.59 Å². The Balaban J connectivity index is 1.57. The lowest BCUT2D eigenvalue weighted by molar-refractivity contribution is -0.159. The van der Waals surface area contributed by atoms with Crippen LogP contribution in [0.3, 0.4) is 0 Å². The Bertz CT molecular complexity index is 919. The summed E-state index contributed by atoms with van der Waals surface area (Å²) in [6, 6.07) is 3.60. The van der Waals surface area contributed by atoms with E-state index in [9.17, 15) is 9.59 Å². The first-order valence-corrected chi connectivity index (χ1v) is 11.1. The van der Waals surface area contributed by atoms with Gasteiger partial charge in [0.15, 0.2) is 11.1 Å². The Kier molecular flexibility index (Phi) is 6.04. The monoisotopic (exact) mass is 413 g/mol.